The topological polar surface area (TPSA) is 61.8 Å². The summed E-state index contributed by atoms with van der Waals surface area (Å²) in [6.45, 7) is 2.16. The SMILES string of the molecule is Cc1ccc(S(=O)(=O)NCCC(c2ccccc2)N(/N=C/c2ccccc2Cl)c2ccccc2)cc1. The highest BCUT2D eigenvalue weighted by Crippen LogP contribution is 2.30. The standard InChI is InChI=1S/C29H28ClN3O2S/c1-23-16-18-27(19-17-23)36(34,35)32-21-20-29(24-10-4-2-5-11-24)33(26-13-6-3-7-14-26)31-22-25-12-8-9-15-28(25)30/h2-19,22,29,32H,20-21H2,1H3/b31-22+. The highest BCUT2D eigenvalue weighted by atomic mass is 35.5. The van der Waals surface area contributed by atoms with Gasteiger partial charge in [-0.15, -0.1) is 0 Å². The Morgan fingerprint density at radius 1 is 0.861 bits per heavy atom. The first-order valence-electron chi connectivity index (χ1n) is 11.7. The Kier molecular flexibility index (Phi) is 8.54. The van der Waals surface area contributed by atoms with Crippen LogP contribution in [0.1, 0.15) is 29.2 Å². The van der Waals surface area contributed by atoms with Crippen LogP contribution in [0.3, 0.4) is 0 Å². The third-order valence-corrected chi connectivity index (χ3v) is 7.59. The molecule has 1 unspecified atom stereocenters. The molecule has 0 amide bonds. The number of nitrogens with one attached hydrogen (secondary N) is 1. The number of para-hydroxylation sites is 1. The minimum absolute atomic E-state index is 0.229. The van der Waals surface area contributed by atoms with E-state index in [4.69, 9.17) is 16.7 Å². The Morgan fingerprint density at radius 2 is 1.47 bits per heavy atom. The van der Waals surface area contributed by atoms with Gasteiger partial charge in [0.05, 0.1) is 22.8 Å². The third-order valence-electron chi connectivity index (χ3n) is 5.77. The van der Waals surface area contributed by atoms with E-state index in [1.807, 2.05) is 96.9 Å². The van der Waals surface area contributed by atoms with Crippen molar-refractivity contribution in [3.63, 3.8) is 0 Å². The molecule has 0 heterocycles. The molecular formula is C29H28ClN3O2S. The van der Waals surface area contributed by atoms with Gasteiger partial charge in [0, 0.05) is 17.1 Å². The highest BCUT2D eigenvalue weighted by molar-refractivity contribution is 7.89. The fourth-order valence-electron chi connectivity index (χ4n) is 3.85. The van der Waals surface area contributed by atoms with Gasteiger partial charge in [0.15, 0.2) is 0 Å². The average molecular weight is 518 g/mol. The summed E-state index contributed by atoms with van der Waals surface area (Å²) in [6.07, 6.45) is 2.23. The van der Waals surface area contributed by atoms with Crippen LogP contribution < -0.4 is 9.73 Å². The number of benzene rings is 4. The first kappa shape index (κ1) is 25.6. The van der Waals surface area contributed by atoms with E-state index in [1.54, 1.807) is 30.5 Å². The molecule has 0 aliphatic carbocycles. The lowest BCUT2D eigenvalue weighted by Crippen LogP contribution is -2.30. The molecule has 184 valence electrons. The molecule has 0 radical (unpaired) electrons. The fourth-order valence-corrected chi connectivity index (χ4v) is 5.08. The van der Waals surface area contributed by atoms with E-state index in [9.17, 15) is 8.42 Å². The molecule has 0 aromatic heterocycles. The van der Waals surface area contributed by atoms with Crippen LogP contribution in [-0.2, 0) is 10.0 Å². The van der Waals surface area contributed by atoms with Crippen molar-refractivity contribution in [2.45, 2.75) is 24.3 Å². The number of anilines is 1. The first-order chi connectivity index (χ1) is 17.4. The van der Waals surface area contributed by atoms with Crippen molar-refractivity contribution in [1.29, 1.82) is 0 Å². The molecule has 5 nitrogen and oxygen atoms in total. The average Bonchev–Trinajstić information content (AvgIpc) is 2.90. The second-order valence-corrected chi connectivity index (χ2v) is 10.5. The zero-order chi connectivity index (χ0) is 25.4. The smallest absolute Gasteiger partial charge is 0.240 e. The van der Waals surface area contributed by atoms with Gasteiger partial charge < -0.3 is 0 Å². The first-order valence-corrected chi connectivity index (χ1v) is 13.5. The summed E-state index contributed by atoms with van der Waals surface area (Å²) in [5.74, 6) is 0. The quantitative estimate of drug-likeness (QED) is 0.190. The van der Waals surface area contributed by atoms with E-state index in [-0.39, 0.29) is 17.5 Å². The summed E-state index contributed by atoms with van der Waals surface area (Å²) in [5.41, 5.74) is 3.71. The normalized spacial score (nSPS) is 12.5. The maximum atomic E-state index is 12.9. The number of hydrogen-bond acceptors (Lipinski definition) is 4. The maximum Gasteiger partial charge on any atom is 0.240 e. The lowest BCUT2D eigenvalue weighted by Gasteiger charge is -2.30. The Hall–Kier alpha value is -3.45. The van der Waals surface area contributed by atoms with Crippen molar-refractivity contribution >= 4 is 33.5 Å². The largest absolute Gasteiger partial charge is 0.258 e. The van der Waals surface area contributed by atoms with E-state index in [0.29, 0.717) is 11.4 Å². The van der Waals surface area contributed by atoms with Crippen molar-refractivity contribution in [3.05, 3.63) is 131 Å². The van der Waals surface area contributed by atoms with Gasteiger partial charge in [-0.25, -0.2) is 13.1 Å². The minimum Gasteiger partial charge on any atom is -0.258 e. The minimum atomic E-state index is -3.63. The van der Waals surface area contributed by atoms with Gasteiger partial charge in [-0.1, -0.05) is 96.0 Å². The van der Waals surface area contributed by atoms with Crippen LogP contribution in [0.2, 0.25) is 5.02 Å². The second kappa shape index (κ2) is 12.0. The molecule has 0 saturated carbocycles. The molecule has 0 spiro atoms. The van der Waals surface area contributed by atoms with Gasteiger partial charge in [-0.2, -0.15) is 5.10 Å². The summed E-state index contributed by atoms with van der Waals surface area (Å²) >= 11 is 6.37. The summed E-state index contributed by atoms with van der Waals surface area (Å²) in [6, 6.07) is 33.9. The highest BCUT2D eigenvalue weighted by Gasteiger charge is 2.22. The zero-order valence-corrected chi connectivity index (χ0v) is 21.5. The summed E-state index contributed by atoms with van der Waals surface area (Å²) in [5, 5.41) is 7.35. The monoisotopic (exact) mass is 517 g/mol. The Bertz CT molecular complexity index is 1390. The van der Waals surface area contributed by atoms with Crippen LogP contribution in [0.15, 0.2) is 119 Å². The molecule has 1 N–H and O–H groups in total. The molecule has 0 fully saturated rings. The second-order valence-electron chi connectivity index (χ2n) is 8.37. The van der Waals surface area contributed by atoms with Gasteiger partial charge in [0.1, 0.15) is 0 Å². The molecule has 4 aromatic carbocycles. The van der Waals surface area contributed by atoms with E-state index in [2.05, 4.69) is 4.72 Å². The van der Waals surface area contributed by atoms with E-state index >= 15 is 0 Å². The number of hydrazone groups is 1. The third kappa shape index (κ3) is 6.61. The molecule has 7 heteroatoms. The predicted octanol–water partition coefficient (Wildman–Crippen LogP) is 6.60. The number of hydrogen-bond donors (Lipinski definition) is 1. The number of halogens is 1. The molecule has 4 aromatic rings. The van der Waals surface area contributed by atoms with Crippen LogP contribution >= 0.6 is 11.6 Å². The summed E-state index contributed by atoms with van der Waals surface area (Å²) in [4.78, 5) is 0.251. The maximum absolute atomic E-state index is 12.9. The van der Waals surface area contributed by atoms with Crippen LogP contribution in [0.5, 0.6) is 0 Å². The van der Waals surface area contributed by atoms with Crippen LogP contribution in [0.25, 0.3) is 0 Å². The van der Waals surface area contributed by atoms with Gasteiger partial charge in [-0.3, -0.25) is 5.01 Å². The van der Waals surface area contributed by atoms with Crippen molar-refractivity contribution in [3.8, 4) is 0 Å². The molecule has 4 rings (SSSR count). The van der Waals surface area contributed by atoms with Gasteiger partial charge in [0.25, 0.3) is 0 Å². The molecule has 1 atom stereocenters. The fraction of sp³-hybridized carbons (Fsp3) is 0.138. The summed E-state index contributed by atoms with van der Waals surface area (Å²) < 4.78 is 28.5. The van der Waals surface area contributed by atoms with Crippen molar-refractivity contribution in [2.75, 3.05) is 11.6 Å². The van der Waals surface area contributed by atoms with E-state index in [0.717, 1.165) is 22.4 Å². The number of nitrogens with zero attached hydrogens (tertiary/aromatic N) is 2. The van der Waals surface area contributed by atoms with Crippen molar-refractivity contribution in [2.24, 2.45) is 5.10 Å². The molecular weight excluding hydrogens is 490 g/mol. The Morgan fingerprint density at radius 3 is 2.14 bits per heavy atom. The van der Waals surface area contributed by atoms with Gasteiger partial charge in [-0.05, 0) is 49.2 Å². The van der Waals surface area contributed by atoms with Crippen LogP contribution in [0, 0.1) is 6.92 Å². The van der Waals surface area contributed by atoms with Gasteiger partial charge in [0.2, 0.25) is 10.0 Å². The summed E-state index contributed by atoms with van der Waals surface area (Å²) in [7, 11) is -3.63. The Labute approximate surface area is 218 Å². The molecule has 0 saturated heterocycles. The molecule has 0 aliphatic heterocycles. The number of rotatable bonds is 10. The molecule has 36 heavy (non-hydrogen) atoms. The number of sulfonamides is 1. The Balaban J connectivity index is 1.63. The van der Waals surface area contributed by atoms with Crippen molar-refractivity contribution < 1.29 is 8.42 Å². The van der Waals surface area contributed by atoms with E-state index < -0.39 is 10.0 Å². The van der Waals surface area contributed by atoms with Crippen molar-refractivity contribution in [1.82, 2.24) is 4.72 Å². The lowest BCUT2D eigenvalue weighted by atomic mass is 10.0. The lowest BCUT2D eigenvalue weighted by molar-refractivity contribution is 0.555. The van der Waals surface area contributed by atoms with Gasteiger partial charge >= 0.3 is 0 Å². The molecule has 0 bridgehead atoms. The molecule has 0 aliphatic rings. The van der Waals surface area contributed by atoms with Crippen LogP contribution in [-0.4, -0.2) is 21.2 Å². The number of aryl methyl sites for hydroxylation is 1. The predicted molar refractivity (Wildman–Crippen MR) is 148 cm³/mol. The van der Waals surface area contributed by atoms with Crippen LogP contribution in [0.4, 0.5) is 5.69 Å². The van der Waals surface area contributed by atoms with E-state index in [1.165, 1.54) is 0 Å². The zero-order valence-electron chi connectivity index (χ0n) is 20.0.